The van der Waals surface area contributed by atoms with E-state index in [0.29, 0.717) is 24.4 Å². The number of amides is 1. The fourth-order valence-corrected chi connectivity index (χ4v) is 4.72. The van der Waals surface area contributed by atoms with Crippen LogP contribution < -0.4 is 19.3 Å². The van der Waals surface area contributed by atoms with Crippen LogP contribution in [0.3, 0.4) is 0 Å². The smallest absolute Gasteiger partial charge is 0.244 e. The van der Waals surface area contributed by atoms with Gasteiger partial charge >= 0.3 is 0 Å². The van der Waals surface area contributed by atoms with E-state index >= 15 is 0 Å². The second-order valence-corrected chi connectivity index (χ2v) is 9.10. The third-order valence-corrected chi connectivity index (χ3v) is 6.37. The summed E-state index contributed by atoms with van der Waals surface area (Å²) in [5.74, 6) is 0.277. The van der Waals surface area contributed by atoms with Crippen LogP contribution in [0.2, 0.25) is 0 Å². The first-order chi connectivity index (χ1) is 14.7. The molecule has 0 radical (unpaired) electrons. The molecule has 0 aromatic heterocycles. The summed E-state index contributed by atoms with van der Waals surface area (Å²) in [6.45, 7) is 8.20. The molecule has 31 heavy (non-hydrogen) atoms. The zero-order chi connectivity index (χ0) is 23.0. The van der Waals surface area contributed by atoms with Crippen LogP contribution in [-0.2, 0) is 21.4 Å². The maximum absolute atomic E-state index is 12.9. The molecule has 0 aliphatic heterocycles. The molecule has 0 aliphatic rings. The molecule has 2 aromatic rings. The summed E-state index contributed by atoms with van der Waals surface area (Å²) in [6, 6.07) is 13.8. The van der Waals surface area contributed by atoms with Crippen molar-refractivity contribution in [3.63, 3.8) is 0 Å². The minimum Gasteiger partial charge on any atom is -0.497 e. The van der Waals surface area contributed by atoms with E-state index < -0.39 is 16.1 Å². The van der Waals surface area contributed by atoms with E-state index in [-0.39, 0.29) is 5.91 Å². The Bertz CT molecular complexity index is 940. The fraction of sp³-hybridized carbons (Fsp3) is 0.435. The summed E-state index contributed by atoms with van der Waals surface area (Å²) in [4.78, 5) is 15.2. The summed E-state index contributed by atoms with van der Waals surface area (Å²) in [5, 5.41) is 2.89. The van der Waals surface area contributed by atoms with Crippen molar-refractivity contribution < 1.29 is 17.9 Å². The standard InChI is InChI=1S/C23H33N3O4S/c1-6-22(26(31(5,28)29)20-13-15-21(30-4)16-14-20)23(27)24-17-18-9-11-19(12-10-18)25(7-2)8-3/h9-16,22H,6-8,17H2,1-5H3,(H,24,27)/t22-/m1/s1. The Hall–Kier alpha value is -2.74. The predicted molar refractivity (Wildman–Crippen MR) is 126 cm³/mol. The third-order valence-electron chi connectivity index (χ3n) is 5.19. The first-order valence-corrected chi connectivity index (χ1v) is 12.3. The number of carbonyl (C=O) groups excluding carboxylic acids is 1. The molecule has 0 heterocycles. The number of nitrogens with zero attached hydrogens (tertiary/aromatic N) is 2. The van der Waals surface area contributed by atoms with Crippen LogP contribution in [0, 0.1) is 0 Å². The van der Waals surface area contributed by atoms with E-state index in [1.165, 1.54) is 4.31 Å². The first kappa shape index (κ1) is 24.5. The lowest BCUT2D eigenvalue weighted by molar-refractivity contribution is -0.122. The average molecular weight is 448 g/mol. The lowest BCUT2D eigenvalue weighted by atomic mass is 10.1. The highest BCUT2D eigenvalue weighted by atomic mass is 32.2. The molecule has 0 aliphatic carbocycles. The van der Waals surface area contributed by atoms with Crippen LogP contribution in [-0.4, -0.2) is 46.8 Å². The van der Waals surface area contributed by atoms with Crippen molar-refractivity contribution in [3.8, 4) is 5.75 Å². The second-order valence-electron chi connectivity index (χ2n) is 7.24. The molecule has 170 valence electrons. The van der Waals surface area contributed by atoms with Gasteiger partial charge in [-0.05, 0) is 62.2 Å². The van der Waals surface area contributed by atoms with Crippen LogP contribution in [0.4, 0.5) is 11.4 Å². The van der Waals surface area contributed by atoms with E-state index in [4.69, 9.17) is 4.74 Å². The highest BCUT2D eigenvalue weighted by Gasteiger charge is 2.31. The van der Waals surface area contributed by atoms with Gasteiger partial charge in [0.2, 0.25) is 15.9 Å². The Kier molecular flexibility index (Phi) is 8.74. The number of hydrogen-bond acceptors (Lipinski definition) is 5. The zero-order valence-electron chi connectivity index (χ0n) is 19.0. The van der Waals surface area contributed by atoms with Gasteiger partial charge in [-0.15, -0.1) is 0 Å². The van der Waals surface area contributed by atoms with Gasteiger partial charge in [0.25, 0.3) is 0 Å². The summed E-state index contributed by atoms with van der Waals surface area (Å²) < 4.78 is 31.4. The summed E-state index contributed by atoms with van der Waals surface area (Å²) in [7, 11) is -2.13. The van der Waals surface area contributed by atoms with Gasteiger partial charge in [-0.1, -0.05) is 19.1 Å². The van der Waals surface area contributed by atoms with Crippen LogP contribution in [0.15, 0.2) is 48.5 Å². The first-order valence-electron chi connectivity index (χ1n) is 10.5. The fourth-order valence-electron chi connectivity index (χ4n) is 3.51. The minimum atomic E-state index is -3.67. The van der Waals surface area contributed by atoms with Crippen LogP contribution in [0.25, 0.3) is 0 Å². The molecule has 0 unspecified atom stereocenters. The lowest BCUT2D eigenvalue weighted by Gasteiger charge is -2.30. The number of hydrogen-bond donors (Lipinski definition) is 1. The summed E-state index contributed by atoms with van der Waals surface area (Å²) >= 11 is 0. The predicted octanol–water partition coefficient (Wildman–Crippen LogP) is 3.40. The molecule has 1 atom stereocenters. The van der Waals surface area contributed by atoms with Gasteiger partial charge in [-0.2, -0.15) is 0 Å². The van der Waals surface area contributed by atoms with E-state index in [2.05, 4.69) is 24.1 Å². The average Bonchev–Trinajstić information content (AvgIpc) is 2.76. The second kappa shape index (κ2) is 11.0. The van der Waals surface area contributed by atoms with Gasteiger partial charge in [-0.3, -0.25) is 9.10 Å². The normalized spacial score (nSPS) is 12.2. The molecule has 1 amide bonds. The van der Waals surface area contributed by atoms with Crippen molar-refractivity contribution in [1.29, 1.82) is 0 Å². The molecule has 0 bridgehead atoms. The molecule has 2 aromatic carbocycles. The number of ether oxygens (including phenoxy) is 1. The van der Waals surface area contributed by atoms with Gasteiger partial charge in [0.1, 0.15) is 11.8 Å². The van der Waals surface area contributed by atoms with Crippen molar-refractivity contribution in [2.24, 2.45) is 0 Å². The SMILES string of the molecule is CC[C@H](C(=O)NCc1ccc(N(CC)CC)cc1)N(c1ccc(OC)cc1)S(C)(=O)=O. The largest absolute Gasteiger partial charge is 0.497 e. The molecule has 7 nitrogen and oxygen atoms in total. The van der Waals surface area contributed by atoms with Gasteiger partial charge in [0.05, 0.1) is 19.1 Å². The molecular formula is C23H33N3O4S. The van der Waals surface area contributed by atoms with Crippen molar-refractivity contribution in [2.45, 2.75) is 39.8 Å². The summed E-state index contributed by atoms with van der Waals surface area (Å²) in [5.41, 5.74) is 2.51. The Balaban J connectivity index is 2.16. The van der Waals surface area contributed by atoms with Crippen LogP contribution in [0.5, 0.6) is 5.75 Å². The zero-order valence-corrected chi connectivity index (χ0v) is 19.8. The molecule has 8 heteroatoms. The van der Waals surface area contributed by atoms with E-state index in [1.54, 1.807) is 38.3 Å². The molecular weight excluding hydrogens is 414 g/mol. The monoisotopic (exact) mass is 447 g/mol. The van der Waals surface area contributed by atoms with Gasteiger partial charge < -0.3 is 15.0 Å². The lowest BCUT2D eigenvalue weighted by Crippen LogP contribution is -2.49. The van der Waals surface area contributed by atoms with Crippen molar-refractivity contribution in [2.75, 3.05) is 35.7 Å². The molecule has 0 fully saturated rings. The maximum Gasteiger partial charge on any atom is 0.244 e. The Morgan fingerprint density at radius 3 is 1.97 bits per heavy atom. The van der Waals surface area contributed by atoms with Crippen molar-refractivity contribution in [1.82, 2.24) is 5.32 Å². The van der Waals surface area contributed by atoms with Gasteiger partial charge in [0, 0.05) is 25.3 Å². The number of nitrogens with one attached hydrogen (secondary N) is 1. The van der Waals surface area contributed by atoms with Crippen LogP contribution in [0.1, 0.15) is 32.8 Å². The third kappa shape index (κ3) is 6.37. The topological polar surface area (TPSA) is 79.0 Å². The number of sulfonamides is 1. The number of methoxy groups -OCH3 is 1. The van der Waals surface area contributed by atoms with E-state index in [0.717, 1.165) is 30.6 Å². The summed E-state index contributed by atoms with van der Waals surface area (Å²) in [6.07, 6.45) is 1.45. The number of carbonyl (C=O) groups is 1. The number of rotatable bonds is 11. The van der Waals surface area contributed by atoms with E-state index in [9.17, 15) is 13.2 Å². The maximum atomic E-state index is 12.9. The van der Waals surface area contributed by atoms with Crippen molar-refractivity contribution >= 4 is 27.3 Å². The van der Waals surface area contributed by atoms with E-state index in [1.807, 2.05) is 24.3 Å². The molecule has 0 saturated heterocycles. The molecule has 0 saturated carbocycles. The Morgan fingerprint density at radius 1 is 0.968 bits per heavy atom. The molecule has 0 spiro atoms. The van der Waals surface area contributed by atoms with Gasteiger partial charge in [0.15, 0.2) is 0 Å². The molecule has 2 rings (SSSR count). The van der Waals surface area contributed by atoms with Crippen LogP contribution >= 0.6 is 0 Å². The van der Waals surface area contributed by atoms with Gasteiger partial charge in [-0.25, -0.2) is 8.42 Å². The van der Waals surface area contributed by atoms with Crippen molar-refractivity contribution in [3.05, 3.63) is 54.1 Å². The number of anilines is 2. The quantitative estimate of drug-likeness (QED) is 0.571. The highest BCUT2D eigenvalue weighted by molar-refractivity contribution is 7.92. The highest BCUT2D eigenvalue weighted by Crippen LogP contribution is 2.25. The minimum absolute atomic E-state index is 0.327. The molecule has 1 N–H and O–H groups in total. The Labute approximate surface area is 186 Å². The Morgan fingerprint density at radius 2 is 1.52 bits per heavy atom. The number of benzene rings is 2.